The fourth-order valence-electron chi connectivity index (χ4n) is 1.94. The second-order valence-corrected chi connectivity index (χ2v) is 5.28. The smallest absolute Gasteiger partial charge is 0.173 e. The molecule has 0 radical (unpaired) electrons. The van der Waals surface area contributed by atoms with E-state index >= 15 is 0 Å². The molecule has 4 N–H and O–H groups in total. The van der Waals surface area contributed by atoms with E-state index in [2.05, 4.69) is 5.32 Å². The number of aliphatic hydroxyl groups is 3. The summed E-state index contributed by atoms with van der Waals surface area (Å²) >= 11 is 0. The summed E-state index contributed by atoms with van der Waals surface area (Å²) in [6, 6.07) is -0.631. The lowest BCUT2D eigenvalue weighted by Crippen LogP contribution is -2.64. The maximum Gasteiger partial charge on any atom is 0.173 e. The molecule has 5 atom stereocenters. The van der Waals surface area contributed by atoms with Gasteiger partial charge in [0.15, 0.2) is 6.29 Å². The zero-order valence-corrected chi connectivity index (χ0v) is 11.4. The van der Waals surface area contributed by atoms with Gasteiger partial charge in [0.2, 0.25) is 0 Å². The van der Waals surface area contributed by atoms with Crippen molar-refractivity contribution in [2.75, 3.05) is 6.61 Å². The van der Waals surface area contributed by atoms with Crippen LogP contribution in [0.3, 0.4) is 0 Å². The quantitative estimate of drug-likeness (QED) is 0.520. The summed E-state index contributed by atoms with van der Waals surface area (Å²) in [5.74, 6) is 0. The van der Waals surface area contributed by atoms with Gasteiger partial charge in [-0.25, -0.2) is 0 Å². The van der Waals surface area contributed by atoms with Gasteiger partial charge < -0.3 is 30.1 Å². The number of nitrogens with one attached hydrogen (secondary N) is 1. The predicted octanol–water partition coefficient (Wildman–Crippen LogP) is -0.783. The molecule has 0 aromatic heterocycles. The molecule has 0 amide bonds. The molecule has 1 aliphatic rings. The van der Waals surface area contributed by atoms with E-state index in [0.717, 1.165) is 0 Å². The van der Waals surface area contributed by atoms with E-state index < -0.39 is 30.6 Å². The molecule has 6 nitrogen and oxygen atoms in total. The second-order valence-electron chi connectivity index (χ2n) is 5.28. The Morgan fingerprint density at radius 1 is 1.11 bits per heavy atom. The van der Waals surface area contributed by atoms with Crippen molar-refractivity contribution < 1.29 is 24.8 Å². The van der Waals surface area contributed by atoms with Gasteiger partial charge in [0, 0.05) is 6.04 Å². The Labute approximate surface area is 108 Å². The molecular formula is C12H25NO5. The highest BCUT2D eigenvalue weighted by Gasteiger charge is 2.43. The van der Waals surface area contributed by atoms with Crippen LogP contribution in [0.5, 0.6) is 0 Å². The maximum absolute atomic E-state index is 9.98. The van der Waals surface area contributed by atoms with E-state index in [9.17, 15) is 15.3 Å². The molecule has 108 valence electrons. The molecule has 1 rings (SSSR count). The van der Waals surface area contributed by atoms with E-state index in [1.807, 2.05) is 27.7 Å². The average molecular weight is 263 g/mol. The summed E-state index contributed by atoms with van der Waals surface area (Å²) in [5.41, 5.74) is 0. The van der Waals surface area contributed by atoms with Crippen molar-refractivity contribution in [3.05, 3.63) is 0 Å². The molecule has 0 aromatic rings. The number of hydrogen-bond acceptors (Lipinski definition) is 6. The van der Waals surface area contributed by atoms with E-state index in [-0.39, 0.29) is 18.8 Å². The van der Waals surface area contributed by atoms with Crippen molar-refractivity contribution in [1.29, 1.82) is 0 Å². The van der Waals surface area contributed by atoms with Crippen LogP contribution in [0.2, 0.25) is 0 Å². The number of ether oxygens (including phenoxy) is 2. The molecule has 18 heavy (non-hydrogen) atoms. The molecule has 6 heteroatoms. The van der Waals surface area contributed by atoms with Crippen LogP contribution in [-0.2, 0) is 9.47 Å². The molecule has 5 unspecified atom stereocenters. The van der Waals surface area contributed by atoms with Crippen LogP contribution in [0.25, 0.3) is 0 Å². The number of hydrogen-bond donors (Lipinski definition) is 4. The Morgan fingerprint density at radius 2 is 1.72 bits per heavy atom. The number of aliphatic hydroxyl groups excluding tert-OH is 3. The van der Waals surface area contributed by atoms with Crippen molar-refractivity contribution in [3.63, 3.8) is 0 Å². The topological polar surface area (TPSA) is 91.2 Å². The molecular weight excluding hydrogens is 238 g/mol. The summed E-state index contributed by atoms with van der Waals surface area (Å²) in [4.78, 5) is 0. The lowest BCUT2D eigenvalue weighted by molar-refractivity contribution is -0.259. The van der Waals surface area contributed by atoms with Crippen LogP contribution < -0.4 is 5.32 Å². The minimum atomic E-state index is -1.16. The Morgan fingerprint density at radius 3 is 2.22 bits per heavy atom. The fraction of sp³-hybridized carbons (Fsp3) is 1.00. The first kappa shape index (κ1) is 15.8. The Balaban J connectivity index is 2.59. The zero-order chi connectivity index (χ0) is 13.9. The highest BCUT2D eigenvalue weighted by atomic mass is 16.6. The van der Waals surface area contributed by atoms with Gasteiger partial charge >= 0.3 is 0 Å². The summed E-state index contributed by atoms with van der Waals surface area (Å²) in [7, 11) is 0. The van der Waals surface area contributed by atoms with Gasteiger partial charge in [-0.3, -0.25) is 0 Å². The SMILES string of the molecule is CC(C)NC1C(O)OC(COC(C)C)C(O)C1O. The summed E-state index contributed by atoms with van der Waals surface area (Å²) < 4.78 is 10.6. The van der Waals surface area contributed by atoms with Crippen molar-refractivity contribution >= 4 is 0 Å². The van der Waals surface area contributed by atoms with E-state index in [4.69, 9.17) is 9.47 Å². The molecule has 1 fully saturated rings. The third-order valence-corrected chi connectivity index (χ3v) is 2.84. The molecule has 1 aliphatic heterocycles. The van der Waals surface area contributed by atoms with Crippen LogP contribution in [-0.4, -0.2) is 64.7 Å². The normalized spacial score (nSPS) is 37.5. The van der Waals surface area contributed by atoms with Gasteiger partial charge in [0.05, 0.1) is 18.8 Å². The van der Waals surface area contributed by atoms with Crippen LogP contribution in [0, 0.1) is 0 Å². The third-order valence-electron chi connectivity index (χ3n) is 2.84. The Kier molecular flexibility index (Phi) is 5.97. The van der Waals surface area contributed by atoms with Crippen molar-refractivity contribution in [1.82, 2.24) is 5.32 Å². The van der Waals surface area contributed by atoms with Crippen molar-refractivity contribution in [2.24, 2.45) is 0 Å². The fourth-order valence-corrected chi connectivity index (χ4v) is 1.94. The molecule has 0 aliphatic carbocycles. The van der Waals surface area contributed by atoms with Gasteiger partial charge in [-0.1, -0.05) is 13.8 Å². The van der Waals surface area contributed by atoms with Crippen LogP contribution in [0.4, 0.5) is 0 Å². The molecule has 0 bridgehead atoms. The van der Waals surface area contributed by atoms with Gasteiger partial charge in [-0.05, 0) is 13.8 Å². The summed E-state index contributed by atoms with van der Waals surface area (Å²) in [6.07, 6.45) is -4.05. The highest BCUT2D eigenvalue weighted by molar-refractivity contribution is 4.93. The van der Waals surface area contributed by atoms with Crippen molar-refractivity contribution in [2.45, 2.75) is 70.5 Å². The zero-order valence-electron chi connectivity index (χ0n) is 11.4. The first-order valence-corrected chi connectivity index (χ1v) is 6.40. The largest absolute Gasteiger partial charge is 0.388 e. The van der Waals surface area contributed by atoms with Crippen molar-refractivity contribution in [3.8, 4) is 0 Å². The van der Waals surface area contributed by atoms with Crippen LogP contribution in [0.15, 0.2) is 0 Å². The first-order valence-electron chi connectivity index (χ1n) is 6.40. The van der Waals surface area contributed by atoms with E-state index in [1.54, 1.807) is 0 Å². The molecule has 1 saturated heterocycles. The first-order chi connectivity index (χ1) is 8.32. The monoisotopic (exact) mass is 263 g/mol. The van der Waals surface area contributed by atoms with Gasteiger partial charge in [0.25, 0.3) is 0 Å². The third kappa shape index (κ3) is 4.15. The van der Waals surface area contributed by atoms with Gasteiger partial charge in [0.1, 0.15) is 18.3 Å². The molecule has 0 spiro atoms. The predicted molar refractivity (Wildman–Crippen MR) is 66.0 cm³/mol. The average Bonchev–Trinajstić information content (AvgIpc) is 2.27. The number of rotatable bonds is 5. The van der Waals surface area contributed by atoms with Crippen LogP contribution >= 0.6 is 0 Å². The van der Waals surface area contributed by atoms with Crippen LogP contribution in [0.1, 0.15) is 27.7 Å². The van der Waals surface area contributed by atoms with E-state index in [1.165, 1.54) is 0 Å². The maximum atomic E-state index is 9.98. The molecule has 0 aromatic carbocycles. The molecule has 1 heterocycles. The Bertz CT molecular complexity index is 247. The summed E-state index contributed by atoms with van der Waals surface area (Å²) in [5, 5.41) is 32.7. The highest BCUT2D eigenvalue weighted by Crippen LogP contribution is 2.21. The van der Waals surface area contributed by atoms with Gasteiger partial charge in [-0.15, -0.1) is 0 Å². The summed E-state index contributed by atoms with van der Waals surface area (Å²) in [6.45, 7) is 7.65. The second kappa shape index (κ2) is 6.79. The lowest BCUT2D eigenvalue weighted by Gasteiger charge is -2.41. The molecule has 0 saturated carbocycles. The minimum Gasteiger partial charge on any atom is -0.388 e. The minimum absolute atomic E-state index is 0.00148. The van der Waals surface area contributed by atoms with E-state index in [0.29, 0.717) is 0 Å². The standard InChI is InChI=1S/C12H25NO5/c1-6(2)13-9-11(15)10(14)8(18-12(9)16)5-17-7(3)4/h6-16H,5H2,1-4H3. The lowest BCUT2D eigenvalue weighted by atomic mass is 9.96. The van der Waals surface area contributed by atoms with Gasteiger partial charge in [-0.2, -0.15) is 0 Å². The Hall–Kier alpha value is -0.240.